The number of nitrogens with zero attached hydrogens (tertiary/aromatic N) is 3. The lowest BCUT2D eigenvalue weighted by atomic mass is 9.80. The Labute approximate surface area is 126 Å². The SMILES string of the molecule is CC1CN(C(=O)N2CCC(C)(C(=O)O)CC2)CC1N(C)C. The summed E-state index contributed by atoms with van der Waals surface area (Å²) in [5.41, 5.74) is -0.679. The molecule has 6 nitrogen and oxygen atoms in total. The molecule has 2 fully saturated rings. The van der Waals surface area contributed by atoms with Gasteiger partial charge in [-0.3, -0.25) is 4.79 Å². The number of aliphatic carboxylic acids is 1. The predicted octanol–water partition coefficient (Wildman–Crippen LogP) is 1.18. The Morgan fingerprint density at radius 1 is 1.14 bits per heavy atom. The number of likely N-dealkylation sites (N-methyl/N-ethyl adjacent to an activating group) is 1. The Kier molecular flexibility index (Phi) is 4.46. The molecule has 2 unspecified atom stereocenters. The molecule has 0 saturated carbocycles. The summed E-state index contributed by atoms with van der Waals surface area (Å²) in [4.78, 5) is 29.7. The van der Waals surface area contributed by atoms with E-state index in [9.17, 15) is 14.7 Å². The highest BCUT2D eigenvalue weighted by Crippen LogP contribution is 2.32. The van der Waals surface area contributed by atoms with Gasteiger partial charge in [0.05, 0.1) is 5.41 Å². The number of carbonyl (C=O) groups excluding carboxylic acids is 1. The number of urea groups is 1. The molecule has 6 heteroatoms. The number of piperidine rings is 1. The first-order valence-corrected chi connectivity index (χ1v) is 7.68. The van der Waals surface area contributed by atoms with Gasteiger partial charge in [0.1, 0.15) is 0 Å². The van der Waals surface area contributed by atoms with Crippen LogP contribution in [0, 0.1) is 11.3 Å². The van der Waals surface area contributed by atoms with Crippen LogP contribution >= 0.6 is 0 Å². The highest BCUT2D eigenvalue weighted by atomic mass is 16.4. The third kappa shape index (κ3) is 3.15. The number of hydrogen-bond donors (Lipinski definition) is 1. The van der Waals surface area contributed by atoms with Gasteiger partial charge in [-0.1, -0.05) is 6.92 Å². The van der Waals surface area contributed by atoms with E-state index in [1.807, 2.05) is 23.9 Å². The molecule has 2 rings (SSSR count). The van der Waals surface area contributed by atoms with Crippen LogP contribution in [0.15, 0.2) is 0 Å². The average molecular weight is 297 g/mol. The summed E-state index contributed by atoms with van der Waals surface area (Å²) in [6, 6.07) is 0.474. The zero-order chi connectivity index (χ0) is 15.8. The minimum Gasteiger partial charge on any atom is -0.481 e. The molecule has 120 valence electrons. The van der Waals surface area contributed by atoms with Crippen LogP contribution in [0.2, 0.25) is 0 Å². The van der Waals surface area contributed by atoms with Crippen molar-refractivity contribution < 1.29 is 14.7 Å². The zero-order valence-electron chi connectivity index (χ0n) is 13.5. The highest BCUT2D eigenvalue weighted by molar-refractivity contribution is 5.77. The quantitative estimate of drug-likeness (QED) is 0.831. The molecular formula is C15H27N3O3. The van der Waals surface area contributed by atoms with E-state index in [1.165, 1.54) is 0 Å². The Bertz CT molecular complexity index is 416. The van der Waals surface area contributed by atoms with Gasteiger partial charge in [0.2, 0.25) is 0 Å². The molecule has 21 heavy (non-hydrogen) atoms. The fraction of sp³-hybridized carbons (Fsp3) is 0.867. The van der Waals surface area contributed by atoms with Crippen molar-refractivity contribution in [1.29, 1.82) is 0 Å². The standard InChI is InChI=1S/C15H27N3O3/c1-11-9-18(10-12(11)16(3)4)14(21)17-7-5-15(2,6-8-17)13(19)20/h11-12H,5-10H2,1-4H3,(H,19,20). The molecule has 1 N–H and O–H groups in total. The van der Waals surface area contributed by atoms with Crippen molar-refractivity contribution in [3.63, 3.8) is 0 Å². The smallest absolute Gasteiger partial charge is 0.320 e. The number of carboxylic acid groups (broad SMARTS) is 1. The molecule has 0 bridgehead atoms. The van der Waals surface area contributed by atoms with Crippen LogP contribution < -0.4 is 0 Å². The van der Waals surface area contributed by atoms with Crippen molar-refractivity contribution in [3.8, 4) is 0 Å². The maximum atomic E-state index is 12.6. The number of carbonyl (C=O) groups is 2. The largest absolute Gasteiger partial charge is 0.481 e. The summed E-state index contributed by atoms with van der Waals surface area (Å²) >= 11 is 0. The minimum atomic E-state index is -0.753. The van der Waals surface area contributed by atoms with E-state index >= 15 is 0 Å². The van der Waals surface area contributed by atoms with E-state index in [2.05, 4.69) is 11.8 Å². The lowest BCUT2D eigenvalue weighted by Gasteiger charge is -2.38. The van der Waals surface area contributed by atoms with Gasteiger partial charge in [-0.15, -0.1) is 0 Å². The molecule has 2 amide bonds. The molecule has 2 atom stereocenters. The summed E-state index contributed by atoms with van der Waals surface area (Å²) in [6.07, 6.45) is 1.07. The third-order valence-corrected chi connectivity index (χ3v) is 5.16. The molecule has 0 aliphatic carbocycles. The molecule has 2 aliphatic heterocycles. The Morgan fingerprint density at radius 3 is 2.14 bits per heavy atom. The van der Waals surface area contributed by atoms with E-state index in [1.54, 1.807) is 6.92 Å². The first kappa shape index (κ1) is 16.1. The molecule has 2 saturated heterocycles. The average Bonchev–Trinajstić information content (AvgIpc) is 2.81. The maximum Gasteiger partial charge on any atom is 0.320 e. The molecule has 0 aromatic heterocycles. The van der Waals surface area contributed by atoms with E-state index in [-0.39, 0.29) is 6.03 Å². The second kappa shape index (κ2) is 5.83. The first-order chi connectivity index (χ1) is 9.74. The topological polar surface area (TPSA) is 64.1 Å². The normalized spacial score (nSPS) is 29.0. The van der Waals surface area contributed by atoms with Gasteiger partial charge < -0.3 is 19.8 Å². The first-order valence-electron chi connectivity index (χ1n) is 7.68. The summed E-state index contributed by atoms with van der Waals surface area (Å²) < 4.78 is 0. The summed E-state index contributed by atoms with van der Waals surface area (Å²) in [5.74, 6) is -0.282. The number of rotatable bonds is 2. The van der Waals surface area contributed by atoms with Gasteiger partial charge in [0.15, 0.2) is 0 Å². The molecule has 2 aliphatic rings. The van der Waals surface area contributed by atoms with E-state index < -0.39 is 11.4 Å². The second-order valence-corrected chi connectivity index (χ2v) is 7.05. The van der Waals surface area contributed by atoms with E-state index in [0.717, 1.165) is 13.1 Å². The van der Waals surface area contributed by atoms with Crippen molar-refractivity contribution >= 4 is 12.0 Å². The fourth-order valence-electron chi connectivity index (χ4n) is 3.38. The van der Waals surface area contributed by atoms with Gasteiger partial charge >= 0.3 is 12.0 Å². The lowest BCUT2D eigenvalue weighted by Crippen LogP contribution is -2.50. The Morgan fingerprint density at radius 2 is 1.71 bits per heavy atom. The highest BCUT2D eigenvalue weighted by Gasteiger charge is 2.41. The Hall–Kier alpha value is -1.30. The van der Waals surface area contributed by atoms with E-state index in [4.69, 9.17) is 0 Å². The van der Waals surface area contributed by atoms with Gasteiger partial charge in [0, 0.05) is 32.2 Å². The number of carboxylic acids is 1. The molecule has 0 aromatic carbocycles. The van der Waals surface area contributed by atoms with Crippen molar-refractivity contribution in [2.75, 3.05) is 40.3 Å². The Balaban J connectivity index is 1.93. The van der Waals surface area contributed by atoms with Gasteiger partial charge in [-0.05, 0) is 39.8 Å². The number of hydrogen-bond acceptors (Lipinski definition) is 3. The van der Waals surface area contributed by atoms with Gasteiger partial charge in [-0.25, -0.2) is 4.79 Å². The maximum absolute atomic E-state index is 12.6. The van der Waals surface area contributed by atoms with Crippen LogP contribution in [-0.2, 0) is 4.79 Å². The number of likely N-dealkylation sites (tertiary alicyclic amines) is 2. The van der Waals surface area contributed by atoms with Crippen LogP contribution in [0.25, 0.3) is 0 Å². The molecular weight excluding hydrogens is 270 g/mol. The minimum absolute atomic E-state index is 0.0682. The third-order valence-electron chi connectivity index (χ3n) is 5.16. The fourth-order valence-corrected chi connectivity index (χ4v) is 3.38. The summed E-state index contributed by atoms with van der Waals surface area (Å²) in [6.45, 7) is 6.58. The van der Waals surface area contributed by atoms with Crippen LogP contribution in [0.3, 0.4) is 0 Å². The van der Waals surface area contributed by atoms with Crippen molar-refractivity contribution in [2.45, 2.75) is 32.7 Å². The molecule has 0 radical (unpaired) electrons. The summed E-state index contributed by atoms with van der Waals surface area (Å²) in [7, 11) is 4.10. The predicted molar refractivity (Wildman–Crippen MR) is 80.2 cm³/mol. The second-order valence-electron chi connectivity index (χ2n) is 7.05. The summed E-state index contributed by atoms with van der Waals surface area (Å²) in [5, 5.41) is 9.25. The molecule has 0 aromatic rings. The molecule has 0 spiro atoms. The van der Waals surface area contributed by atoms with Gasteiger partial charge in [-0.2, -0.15) is 0 Å². The van der Waals surface area contributed by atoms with Crippen molar-refractivity contribution in [1.82, 2.24) is 14.7 Å². The van der Waals surface area contributed by atoms with Crippen molar-refractivity contribution in [2.24, 2.45) is 11.3 Å². The zero-order valence-corrected chi connectivity index (χ0v) is 13.5. The number of amides is 2. The van der Waals surface area contributed by atoms with E-state index in [0.29, 0.717) is 37.9 Å². The molecule has 2 heterocycles. The monoisotopic (exact) mass is 297 g/mol. The van der Waals surface area contributed by atoms with Crippen LogP contribution in [-0.4, -0.2) is 78.1 Å². The lowest BCUT2D eigenvalue weighted by molar-refractivity contribution is -0.150. The van der Waals surface area contributed by atoms with Crippen LogP contribution in [0.1, 0.15) is 26.7 Å². The van der Waals surface area contributed by atoms with Crippen LogP contribution in [0.4, 0.5) is 4.79 Å². The van der Waals surface area contributed by atoms with Crippen molar-refractivity contribution in [3.05, 3.63) is 0 Å². The van der Waals surface area contributed by atoms with Crippen LogP contribution in [0.5, 0.6) is 0 Å². The van der Waals surface area contributed by atoms with Gasteiger partial charge in [0.25, 0.3) is 0 Å².